The number of amidine groups is 1. The van der Waals surface area contributed by atoms with Crippen LogP contribution in [0.25, 0.3) is 0 Å². The molecule has 0 aliphatic carbocycles. The molecule has 2 aromatic rings. The molecular weight excluding hydrogens is 439 g/mol. The predicted octanol–water partition coefficient (Wildman–Crippen LogP) is 5.94. The van der Waals surface area contributed by atoms with Gasteiger partial charge in [-0.2, -0.15) is 0 Å². The zero-order chi connectivity index (χ0) is 20.3. The lowest BCUT2D eigenvalue weighted by Crippen LogP contribution is -2.49. The highest BCUT2D eigenvalue weighted by Gasteiger charge is 2.38. The van der Waals surface area contributed by atoms with Crippen LogP contribution in [0.15, 0.2) is 47.5 Å². The summed E-state index contributed by atoms with van der Waals surface area (Å²) in [6, 6.07) is 12.5. The lowest BCUT2D eigenvalue weighted by molar-refractivity contribution is -0.140. The summed E-state index contributed by atoms with van der Waals surface area (Å²) in [5, 5.41) is 2.33. The van der Waals surface area contributed by atoms with Crippen molar-refractivity contribution >= 4 is 57.6 Å². The summed E-state index contributed by atoms with van der Waals surface area (Å²) in [5.74, 6) is 1.09. The van der Waals surface area contributed by atoms with E-state index < -0.39 is 5.60 Å². The van der Waals surface area contributed by atoms with Gasteiger partial charge in [-0.05, 0) is 55.8 Å². The number of benzene rings is 2. The van der Waals surface area contributed by atoms with Crippen molar-refractivity contribution in [3.63, 3.8) is 0 Å². The van der Waals surface area contributed by atoms with E-state index in [-0.39, 0.29) is 5.91 Å². The fourth-order valence-corrected chi connectivity index (χ4v) is 4.12. The highest BCUT2D eigenvalue weighted by molar-refractivity contribution is 8.13. The Kier molecular flexibility index (Phi) is 6.81. The standard InChI is InChI=1S/C20H19Cl3N2O2S/c1-20(2,27-15-6-4-14(21)5-7-15)18(26)25-10-9-24-19(25)28-12-13-3-8-16(22)17(23)11-13/h3-8,11H,9-10,12H2,1-2H3. The Bertz CT molecular complexity index is 901. The normalized spacial score (nSPS) is 14.2. The van der Waals surface area contributed by atoms with Crippen LogP contribution in [0.4, 0.5) is 0 Å². The van der Waals surface area contributed by atoms with Gasteiger partial charge in [-0.15, -0.1) is 0 Å². The molecule has 1 aliphatic heterocycles. The molecule has 0 bridgehead atoms. The van der Waals surface area contributed by atoms with Crippen LogP contribution in [0.2, 0.25) is 15.1 Å². The van der Waals surface area contributed by atoms with Gasteiger partial charge in [-0.1, -0.05) is 52.6 Å². The van der Waals surface area contributed by atoms with Gasteiger partial charge in [0.1, 0.15) is 5.75 Å². The van der Waals surface area contributed by atoms with Crippen molar-refractivity contribution in [1.29, 1.82) is 0 Å². The lowest BCUT2D eigenvalue weighted by atomic mass is 10.1. The summed E-state index contributed by atoms with van der Waals surface area (Å²) in [5.41, 5.74) is -0.0265. The highest BCUT2D eigenvalue weighted by atomic mass is 35.5. The summed E-state index contributed by atoms with van der Waals surface area (Å²) >= 11 is 19.4. The van der Waals surface area contributed by atoms with Crippen molar-refractivity contribution in [2.75, 3.05) is 13.1 Å². The van der Waals surface area contributed by atoms with Gasteiger partial charge in [0.2, 0.25) is 0 Å². The third kappa shape index (κ3) is 5.15. The molecule has 28 heavy (non-hydrogen) atoms. The summed E-state index contributed by atoms with van der Waals surface area (Å²) in [6.07, 6.45) is 0. The fourth-order valence-electron chi connectivity index (χ4n) is 2.68. The van der Waals surface area contributed by atoms with Gasteiger partial charge >= 0.3 is 0 Å². The zero-order valence-corrected chi connectivity index (χ0v) is 18.5. The van der Waals surface area contributed by atoms with Gasteiger partial charge in [-0.25, -0.2) is 0 Å². The Morgan fingerprint density at radius 2 is 1.86 bits per heavy atom. The average Bonchev–Trinajstić information content (AvgIpc) is 3.12. The topological polar surface area (TPSA) is 41.9 Å². The molecule has 0 spiro atoms. The lowest BCUT2D eigenvalue weighted by Gasteiger charge is -2.30. The smallest absolute Gasteiger partial charge is 0.272 e. The number of hydrogen-bond acceptors (Lipinski definition) is 4. The molecule has 1 amide bonds. The van der Waals surface area contributed by atoms with Crippen molar-refractivity contribution in [3.8, 4) is 5.75 Å². The molecule has 1 aliphatic rings. The van der Waals surface area contributed by atoms with Crippen molar-refractivity contribution in [2.24, 2.45) is 4.99 Å². The van der Waals surface area contributed by atoms with E-state index in [1.807, 2.05) is 12.1 Å². The first-order valence-electron chi connectivity index (χ1n) is 8.64. The number of carbonyl (C=O) groups is 1. The summed E-state index contributed by atoms with van der Waals surface area (Å²) in [7, 11) is 0. The van der Waals surface area contributed by atoms with E-state index in [0.717, 1.165) is 5.56 Å². The van der Waals surface area contributed by atoms with Gasteiger partial charge in [0.15, 0.2) is 10.8 Å². The van der Waals surface area contributed by atoms with Crippen LogP contribution in [0.5, 0.6) is 5.75 Å². The van der Waals surface area contributed by atoms with Crippen LogP contribution in [0.1, 0.15) is 19.4 Å². The minimum absolute atomic E-state index is 0.139. The van der Waals surface area contributed by atoms with Crippen molar-refractivity contribution in [1.82, 2.24) is 4.90 Å². The van der Waals surface area contributed by atoms with Gasteiger partial charge < -0.3 is 4.74 Å². The molecule has 1 heterocycles. The van der Waals surface area contributed by atoms with Crippen LogP contribution >= 0.6 is 46.6 Å². The van der Waals surface area contributed by atoms with Crippen LogP contribution in [-0.2, 0) is 10.5 Å². The van der Waals surface area contributed by atoms with E-state index in [2.05, 4.69) is 4.99 Å². The second-order valence-corrected chi connectivity index (χ2v) is 8.92. The van der Waals surface area contributed by atoms with E-state index in [9.17, 15) is 4.79 Å². The number of thioether (sulfide) groups is 1. The summed E-state index contributed by atoms with van der Waals surface area (Å²) in [6.45, 7) is 4.62. The second-order valence-electron chi connectivity index (χ2n) is 6.72. The first-order valence-corrected chi connectivity index (χ1v) is 10.8. The van der Waals surface area contributed by atoms with Gasteiger partial charge in [0.05, 0.1) is 16.6 Å². The number of hydrogen-bond donors (Lipinski definition) is 0. The maximum Gasteiger partial charge on any atom is 0.272 e. The molecule has 0 N–H and O–H groups in total. The van der Waals surface area contributed by atoms with Crippen LogP contribution in [-0.4, -0.2) is 34.7 Å². The molecule has 3 rings (SSSR count). The van der Waals surface area contributed by atoms with Crippen molar-refractivity contribution < 1.29 is 9.53 Å². The minimum atomic E-state index is -1.04. The summed E-state index contributed by atoms with van der Waals surface area (Å²) < 4.78 is 5.92. The summed E-state index contributed by atoms with van der Waals surface area (Å²) in [4.78, 5) is 19.3. The Labute approximate surface area is 183 Å². The monoisotopic (exact) mass is 456 g/mol. The number of halogens is 3. The maximum absolute atomic E-state index is 13.1. The molecular formula is C20H19Cl3N2O2S. The number of aliphatic imine (C=N–C) groups is 1. The Hall–Kier alpha value is -1.40. The van der Waals surface area contributed by atoms with E-state index in [0.29, 0.717) is 44.8 Å². The number of amides is 1. The second kappa shape index (κ2) is 8.95. The van der Waals surface area contributed by atoms with Gasteiger partial charge in [0.25, 0.3) is 5.91 Å². The molecule has 0 fully saturated rings. The molecule has 0 saturated carbocycles. The Balaban J connectivity index is 1.65. The van der Waals surface area contributed by atoms with E-state index in [1.54, 1.807) is 49.1 Å². The van der Waals surface area contributed by atoms with Crippen LogP contribution in [0.3, 0.4) is 0 Å². The fraction of sp³-hybridized carbons (Fsp3) is 0.300. The van der Waals surface area contributed by atoms with Crippen molar-refractivity contribution in [2.45, 2.75) is 25.2 Å². The van der Waals surface area contributed by atoms with Crippen molar-refractivity contribution in [3.05, 3.63) is 63.1 Å². The van der Waals surface area contributed by atoms with Crippen LogP contribution in [0, 0.1) is 0 Å². The SMILES string of the molecule is CC(C)(Oc1ccc(Cl)cc1)C(=O)N1CCN=C1SCc1ccc(Cl)c(Cl)c1. The Morgan fingerprint density at radius 1 is 1.14 bits per heavy atom. The van der Waals surface area contributed by atoms with Crippen LogP contribution < -0.4 is 4.74 Å². The van der Waals surface area contributed by atoms with E-state index in [4.69, 9.17) is 39.5 Å². The average molecular weight is 458 g/mol. The molecule has 8 heteroatoms. The van der Waals surface area contributed by atoms with Gasteiger partial charge in [-0.3, -0.25) is 14.7 Å². The highest BCUT2D eigenvalue weighted by Crippen LogP contribution is 2.28. The molecule has 0 aromatic heterocycles. The molecule has 0 atom stereocenters. The third-order valence-corrected chi connectivity index (χ3v) is 6.18. The molecule has 0 radical (unpaired) electrons. The number of ether oxygens (including phenoxy) is 1. The largest absolute Gasteiger partial charge is 0.478 e. The third-order valence-electron chi connectivity index (χ3n) is 4.10. The minimum Gasteiger partial charge on any atom is -0.478 e. The predicted molar refractivity (Wildman–Crippen MR) is 118 cm³/mol. The number of carbonyl (C=O) groups excluding carboxylic acids is 1. The quantitative estimate of drug-likeness (QED) is 0.558. The van der Waals surface area contributed by atoms with Gasteiger partial charge in [0, 0.05) is 17.3 Å². The first kappa shape index (κ1) is 21.3. The maximum atomic E-state index is 13.1. The molecule has 2 aromatic carbocycles. The zero-order valence-electron chi connectivity index (χ0n) is 15.4. The molecule has 0 saturated heterocycles. The number of rotatable bonds is 5. The molecule has 148 valence electrons. The molecule has 0 unspecified atom stereocenters. The first-order chi connectivity index (χ1) is 13.3. The Morgan fingerprint density at radius 3 is 2.54 bits per heavy atom. The molecule has 4 nitrogen and oxygen atoms in total. The van der Waals surface area contributed by atoms with E-state index in [1.165, 1.54) is 11.8 Å². The number of nitrogens with zero attached hydrogens (tertiary/aromatic N) is 2. The van der Waals surface area contributed by atoms with E-state index >= 15 is 0 Å².